The molecule has 0 aliphatic rings. The summed E-state index contributed by atoms with van der Waals surface area (Å²) in [6.45, 7) is 2.08. The lowest BCUT2D eigenvalue weighted by Crippen LogP contribution is -2.13. The van der Waals surface area contributed by atoms with Crippen LogP contribution in [-0.4, -0.2) is 10.9 Å². The summed E-state index contributed by atoms with van der Waals surface area (Å²) in [5.74, 6) is 0.0295. The van der Waals surface area contributed by atoms with Crippen molar-refractivity contribution in [2.75, 3.05) is 5.32 Å². The third-order valence-electron chi connectivity index (χ3n) is 4.90. The largest absolute Gasteiger partial charge is 0.354 e. The quantitative estimate of drug-likeness (QED) is 0.473. The van der Waals surface area contributed by atoms with Gasteiger partial charge in [0, 0.05) is 28.6 Å². The molecule has 0 saturated carbocycles. The van der Waals surface area contributed by atoms with E-state index in [0.29, 0.717) is 6.42 Å². The molecule has 0 unspecified atom stereocenters. The number of amides is 1. The number of fused-ring (bicyclic) bond motifs is 1. The van der Waals surface area contributed by atoms with Gasteiger partial charge in [0.05, 0.1) is 5.69 Å². The molecule has 0 radical (unpaired) electrons. The molecule has 3 nitrogen and oxygen atoms in total. The van der Waals surface area contributed by atoms with Crippen LogP contribution in [0, 0.1) is 6.92 Å². The molecule has 134 valence electrons. The Labute approximate surface area is 159 Å². The van der Waals surface area contributed by atoms with Crippen LogP contribution in [0.25, 0.3) is 22.2 Å². The minimum absolute atomic E-state index is 0.0295. The molecule has 1 aromatic heterocycles. The minimum Gasteiger partial charge on any atom is -0.354 e. The molecule has 2 N–H and O–H groups in total. The molecule has 0 aliphatic heterocycles. The monoisotopic (exact) mass is 354 g/mol. The van der Waals surface area contributed by atoms with Crippen LogP contribution in [0.15, 0.2) is 78.9 Å². The van der Waals surface area contributed by atoms with Crippen molar-refractivity contribution in [2.45, 2.75) is 19.8 Å². The van der Waals surface area contributed by atoms with E-state index < -0.39 is 0 Å². The zero-order chi connectivity index (χ0) is 18.6. The first-order valence-corrected chi connectivity index (χ1v) is 9.22. The molecule has 1 amide bonds. The second-order valence-electron chi connectivity index (χ2n) is 6.79. The topological polar surface area (TPSA) is 44.9 Å². The molecule has 0 fully saturated rings. The minimum atomic E-state index is 0.0295. The Bertz CT molecular complexity index is 1060. The van der Waals surface area contributed by atoms with E-state index in [4.69, 9.17) is 0 Å². The Morgan fingerprint density at radius 3 is 2.52 bits per heavy atom. The van der Waals surface area contributed by atoms with Crippen molar-refractivity contribution in [3.8, 4) is 11.3 Å². The van der Waals surface area contributed by atoms with Gasteiger partial charge >= 0.3 is 0 Å². The van der Waals surface area contributed by atoms with Crippen LogP contribution in [-0.2, 0) is 11.2 Å². The maximum absolute atomic E-state index is 12.5. The van der Waals surface area contributed by atoms with Crippen LogP contribution < -0.4 is 5.32 Å². The lowest BCUT2D eigenvalue weighted by atomic mass is 10.0. The molecule has 27 heavy (non-hydrogen) atoms. The predicted octanol–water partition coefficient (Wildman–Crippen LogP) is 5.71. The van der Waals surface area contributed by atoms with Crippen molar-refractivity contribution in [1.82, 2.24) is 4.98 Å². The normalized spacial score (nSPS) is 10.9. The van der Waals surface area contributed by atoms with Gasteiger partial charge in [-0.05, 0) is 42.7 Å². The Balaban J connectivity index is 1.52. The van der Waals surface area contributed by atoms with Crippen molar-refractivity contribution in [1.29, 1.82) is 0 Å². The molecule has 0 aliphatic carbocycles. The summed E-state index contributed by atoms with van der Waals surface area (Å²) >= 11 is 0. The first-order chi connectivity index (χ1) is 13.2. The van der Waals surface area contributed by atoms with E-state index in [1.807, 2.05) is 48.5 Å². The highest BCUT2D eigenvalue weighted by Crippen LogP contribution is 2.30. The zero-order valence-corrected chi connectivity index (χ0v) is 15.3. The average Bonchev–Trinajstić information content (AvgIpc) is 3.12. The van der Waals surface area contributed by atoms with E-state index in [2.05, 4.69) is 47.6 Å². The zero-order valence-electron chi connectivity index (χ0n) is 15.3. The van der Waals surface area contributed by atoms with E-state index in [0.717, 1.165) is 34.3 Å². The van der Waals surface area contributed by atoms with E-state index in [9.17, 15) is 4.79 Å². The predicted molar refractivity (Wildman–Crippen MR) is 112 cm³/mol. The van der Waals surface area contributed by atoms with Gasteiger partial charge in [0.2, 0.25) is 5.91 Å². The summed E-state index contributed by atoms with van der Waals surface area (Å²) in [7, 11) is 0. The molecule has 1 heterocycles. The Kier molecular flexibility index (Phi) is 4.75. The number of hydrogen-bond donors (Lipinski definition) is 2. The fourth-order valence-electron chi connectivity index (χ4n) is 3.40. The van der Waals surface area contributed by atoms with E-state index in [1.54, 1.807) is 0 Å². The number of aromatic amines is 1. The van der Waals surface area contributed by atoms with Crippen molar-refractivity contribution in [3.63, 3.8) is 0 Å². The van der Waals surface area contributed by atoms with E-state index in [1.165, 1.54) is 11.1 Å². The lowest BCUT2D eigenvalue weighted by Gasteiger charge is -2.11. The van der Waals surface area contributed by atoms with Crippen molar-refractivity contribution in [2.24, 2.45) is 0 Å². The molecule has 0 spiro atoms. The Hall–Kier alpha value is -3.33. The van der Waals surface area contributed by atoms with Gasteiger partial charge < -0.3 is 10.3 Å². The molecule has 4 rings (SSSR count). The summed E-state index contributed by atoms with van der Waals surface area (Å²) < 4.78 is 0. The van der Waals surface area contributed by atoms with Crippen LogP contribution in [0.5, 0.6) is 0 Å². The lowest BCUT2D eigenvalue weighted by molar-refractivity contribution is -0.116. The summed E-state index contributed by atoms with van der Waals surface area (Å²) in [6.07, 6.45) is 1.21. The van der Waals surface area contributed by atoms with E-state index >= 15 is 0 Å². The molecule has 0 bridgehead atoms. The number of H-pyrrole nitrogens is 1. The molecular formula is C24H22N2O. The van der Waals surface area contributed by atoms with Crippen LogP contribution in [0.2, 0.25) is 0 Å². The number of carbonyl (C=O) groups excluding carboxylic acids is 1. The fraction of sp³-hybridized carbons (Fsp3) is 0.125. The van der Waals surface area contributed by atoms with Gasteiger partial charge in [-0.3, -0.25) is 4.79 Å². The number of nitrogens with one attached hydrogen (secondary N) is 2. The first-order valence-electron chi connectivity index (χ1n) is 9.22. The van der Waals surface area contributed by atoms with Crippen molar-refractivity contribution >= 4 is 22.5 Å². The Morgan fingerprint density at radius 2 is 1.67 bits per heavy atom. The first kappa shape index (κ1) is 17.1. The molecule has 0 saturated heterocycles. The maximum atomic E-state index is 12.5. The van der Waals surface area contributed by atoms with Gasteiger partial charge in [-0.15, -0.1) is 0 Å². The maximum Gasteiger partial charge on any atom is 0.224 e. The number of anilines is 1. The van der Waals surface area contributed by atoms with Crippen molar-refractivity contribution < 1.29 is 4.79 Å². The van der Waals surface area contributed by atoms with Crippen LogP contribution in [0.3, 0.4) is 0 Å². The number of benzene rings is 3. The average molecular weight is 354 g/mol. The summed E-state index contributed by atoms with van der Waals surface area (Å²) in [4.78, 5) is 16.0. The fourth-order valence-corrected chi connectivity index (χ4v) is 3.40. The summed E-state index contributed by atoms with van der Waals surface area (Å²) in [5, 5.41) is 4.24. The second-order valence-corrected chi connectivity index (χ2v) is 6.79. The number of rotatable bonds is 5. The van der Waals surface area contributed by atoms with Gasteiger partial charge in [0.15, 0.2) is 0 Å². The number of carbonyl (C=O) groups is 1. The van der Waals surface area contributed by atoms with Crippen LogP contribution >= 0.6 is 0 Å². The summed E-state index contributed by atoms with van der Waals surface area (Å²) in [5.41, 5.74) is 6.37. The standard InChI is InChI=1S/C24H22N2O/c1-17-8-2-3-9-18(17)14-15-24(27)26-22-13-7-5-11-20(22)23-16-19-10-4-6-12-21(19)25-23/h2-13,16,25H,14-15H2,1H3,(H,26,27). The van der Waals surface area contributed by atoms with Gasteiger partial charge in [-0.2, -0.15) is 0 Å². The molecule has 0 atom stereocenters. The number of para-hydroxylation sites is 2. The highest BCUT2D eigenvalue weighted by atomic mass is 16.1. The summed E-state index contributed by atoms with van der Waals surface area (Å²) in [6, 6.07) is 26.4. The van der Waals surface area contributed by atoms with Crippen molar-refractivity contribution in [3.05, 3.63) is 90.0 Å². The third kappa shape index (κ3) is 3.77. The molecule has 3 heteroatoms. The highest BCUT2D eigenvalue weighted by Gasteiger charge is 2.11. The van der Waals surface area contributed by atoms with E-state index in [-0.39, 0.29) is 5.91 Å². The smallest absolute Gasteiger partial charge is 0.224 e. The highest BCUT2D eigenvalue weighted by molar-refractivity contribution is 5.96. The number of aryl methyl sites for hydroxylation is 2. The van der Waals surface area contributed by atoms with Gasteiger partial charge in [-0.25, -0.2) is 0 Å². The number of hydrogen-bond acceptors (Lipinski definition) is 1. The molecule has 4 aromatic rings. The van der Waals surface area contributed by atoms with Gasteiger partial charge in [-0.1, -0.05) is 60.7 Å². The third-order valence-corrected chi connectivity index (χ3v) is 4.90. The van der Waals surface area contributed by atoms with Gasteiger partial charge in [0.25, 0.3) is 0 Å². The van der Waals surface area contributed by atoms with Crippen LogP contribution in [0.4, 0.5) is 5.69 Å². The SMILES string of the molecule is Cc1ccccc1CCC(=O)Nc1ccccc1-c1cc2ccccc2[nH]1. The second kappa shape index (κ2) is 7.50. The van der Waals surface area contributed by atoms with Crippen LogP contribution in [0.1, 0.15) is 17.5 Å². The molecule has 3 aromatic carbocycles. The van der Waals surface area contributed by atoms with Gasteiger partial charge in [0.1, 0.15) is 0 Å². The number of aromatic nitrogens is 1. The molecular weight excluding hydrogens is 332 g/mol. The Morgan fingerprint density at radius 1 is 0.926 bits per heavy atom.